The van der Waals surface area contributed by atoms with Crippen LogP contribution in [0.25, 0.3) is 0 Å². The first-order chi connectivity index (χ1) is 8.55. The second-order valence-corrected chi connectivity index (χ2v) is 7.93. The molecule has 0 atom stereocenters. The van der Waals surface area contributed by atoms with E-state index < -0.39 is 7.60 Å². The standard InChI is InChI=1S/C12H23Br2O3P/c1-4-7-8-11(9-10-13)12(14)18(15,16-5-2)17-6-3/h4-10H2,1-3H3/b12-11+. The minimum Gasteiger partial charge on any atom is -0.305 e. The van der Waals surface area contributed by atoms with Crippen LogP contribution < -0.4 is 0 Å². The number of hydrogen-bond acceptors (Lipinski definition) is 3. The summed E-state index contributed by atoms with van der Waals surface area (Å²) in [5.41, 5.74) is 1.12. The zero-order valence-corrected chi connectivity index (χ0v) is 15.4. The van der Waals surface area contributed by atoms with Gasteiger partial charge in [0, 0.05) is 5.33 Å². The number of alkyl halides is 1. The molecule has 0 unspecified atom stereocenters. The molecule has 0 amide bonds. The predicted octanol–water partition coefficient (Wildman–Crippen LogP) is 5.83. The lowest BCUT2D eigenvalue weighted by Gasteiger charge is -2.19. The van der Waals surface area contributed by atoms with Gasteiger partial charge in [-0.3, -0.25) is 4.57 Å². The molecule has 0 aromatic carbocycles. The maximum atomic E-state index is 12.6. The quantitative estimate of drug-likeness (QED) is 0.338. The van der Waals surface area contributed by atoms with Crippen LogP contribution in [0, 0.1) is 0 Å². The average molecular weight is 406 g/mol. The van der Waals surface area contributed by atoms with E-state index in [4.69, 9.17) is 9.05 Å². The zero-order valence-electron chi connectivity index (χ0n) is 11.4. The minimum absolute atomic E-state index is 0.377. The molecule has 0 aliphatic rings. The maximum Gasteiger partial charge on any atom is 0.368 e. The number of hydrogen-bond donors (Lipinski definition) is 0. The molecule has 0 aromatic heterocycles. The summed E-state index contributed by atoms with van der Waals surface area (Å²) in [7, 11) is -3.16. The second-order valence-electron chi connectivity index (χ2n) is 3.77. The molecule has 108 valence electrons. The molecule has 6 heteroatoms. The first kappa shape index (κ1) is 18.9. The van der Waals surface area contributed by atoms with Crippen LogP contribution in [0.15, 0.2) is 9.80 Å². The lowest BCUT2D eigenvalue weighted by molar-refractivity contribution is 0.228. The van der Waals surface area contributed by atoms with Crippen molar-refractivity contribution >= 4 is 39.5 Å². The minimum atomic E-state index is -3.16. The van der Waals surface area contributed by atoms with Gasteiger partial charge in [-0.25, -0.2) is 0 Å². The van der Waals surface area contributed by atoms with Gasteiger partial charge in [-0.05, 0) is 54.6 Å². The van der Waals surface area contributed by atoms with Crippen LogP contribution in [0.5, 0.6) is 0 Å². The molecular weight excluding hydrogens is 383 g/mol. The van der Waals surface area contributed by atoms with E-state index in [1.165, 1.54) is 0 Å². The molecule has 0 aliphatic heterocycles. The van der Waals surface area contributed by atoms with Crippen molar-refractivity contribution in [1.82, 2.24) is 0 Å². The molecule has 0 fully saturated rings. The monoisotopic (exact) mass is 404 g/mol. The number of unbranched alkanes of at least 4 members (excludes halogenated alkanes) is 1. The van der Waals surface area contributed by atoms with Crippen molar-refractivity contribution in [3.05, 3.63) is 9.80 Å². The smallest absolute Gasteiger partial charge is 0.305 e. The van der Waals surface area contributed by atoms with E-state index in [0.29, 0.717) is 17.4 Å². The molecule has 3 nitrogen and oxygen atoms in total. The van der Waals surface area contributed by atoms with Crippen molar-refractivity contribution in [2.75, 3.05) is 18.5 Å². The van der Waals surface area contributed by atoms with Gasteiger partial charge in [-0.15, -0.1) is 0 Å². The molecule has 0 aromatic rings. The highest BCUT2D eigenvalue weighted by Crippen LogP contribution is 2.60. The topological polar surface area (TPSA) is 35.5 Å². The van der Waals surface area contributed by atoms with Crippen LogP contribution >= 0.6 is 39.5 Å². The third-order valence-electron chi connectivity index (χ3n) is 2.36. The van der Waals surface area contributed by atoms with Crippen molar-refractivity contribution in [2.24, 2.45) is 0 Å². The van der Waals surface area contributed by atoms with E-state index in [9.17, 15) is 4.57 Å². The molecule has 0 saturated heterocycles. The summed E-state index contributed by atoms with van der Waals surface area (Å²) in [6, 6.07) is 0. The van der Waals surface area contributed by atoms with Crippen LogP contribution in [0.2, 0.25) is 0 Å². The van der Waals surface area contributed by atoms with E-state index in [2.05, 4.69) is 38.8 Å². The molecule has 18 heavy (non-hydrogen) atoms. The van der Waals surface area contributed by atoms with Crippen LogP contribution in [-0.2, 0) is 13.6 Å². The first-order valence-corrected chi connectivity index (χ1v) is 9.84. The molecule has 0 heterocycles. The highest BCUT2D eigenvalue weighted by atomic mass is 79.9. The Labute approximate surface area is 127 Å². The Kier molecular flexibility index (Phi) is 11.1. The van der Waals surface area contributed by atoms with Crippen molar-refractivity contribution < 1.29 is 13.6 Å². The number of allylic oxidation sites excluding steroid dienone is 1. The summed E-state index contributed by atoms with van der Waals surface area (Å²) in [6.07, 6.45) is 3.97. The molecule has 0 saturated carbocycles. The number of rotatable bonds is 10. The van der Waals surface area contributed by atoms with Gasteiger partial charge in [0.25, 0.3) is 0 Å². The van der Waals surface area contributed by atoms with Crippen molar-refractivity contribution in [3.63, 3.8) is 0 Å². The van der Waals surface area contributed by atoms with E-state index in [1.807, 2.05) is 13.8 Å². The Hall–Kier alpha value is 0.850. The molecule has 0 spiro atoms. The summed E-state index contributed by atoms with van der Waals surface area (Å²) in [5.74, 6) is 0. The molecule has 0 radical (unpaired) electrons. The van der Waals surface area contributed by atoms with E-state index in [1.54, 1.807) is 0 Å². The average Bonchev–Trinajstić information content (AvgIpc) is 2.34. The van der Waals surface area contributed by atoms with Gasteiger partial charge in [0.05, 0.1) is 13.2 Å². The summed E-state index contributed by atoms with van der Waals surface area (Å²) in [6.45, 7) is 6.54. The molecule has 0 N–H and O–H groups in total. The van der Waals surface area contributed by atoms with Gasteiger partial charge in [0.2, 0.25) is 0 Å². The molecular formula is C12H23Br2O3P. The normalized spacial score (nSPS) is 13.6. The van der Waals surface area contributed by atoms with Crippen LogP contribution in [0.1, 0.15) is 46.5 Å². The maximum absolute atomic E-state index is 12.6. The lowest BCUT2D eigenvalue weighted by Crippen LogP contribution is -1.99. The molecule has 0 aliphatic carbocycles. The van der Waals surface area contributed by atoms with Crippen molar-refractivity contribution in [3.8, 4) is 0 Å². The Morgan fingerprint density at radius 1 is 1.11 bits per heavy atom. The van der Waals surface area contributed by atoms with Crippen molar-refractivity contribution in [1.29, 1.82) is 0 Å². The third kappa shape index (κ3) is 6.33. The van der Waals surface area contributed by atoms with Crippen molar-refractivity contribution in [2.45, 2.75) is 46.5 Å². The largest absolute Gasteiger partial charge is 0.368 e. The fourth-order valence-corrected chi connectivity index (χ4v) is 4.60. The van der Waals surface area contributed by atoms with Gasteiger partial charge in [0.1, 0.15) is 4.22 Å². The Bertz CT molecular complexity index is 296. The second kappa shape index (κ2) is 10.6. The third-order valence-corrected chi connectivity index (χ3v) is 6.61. The van der Waals surface area contributed by atoms with Gasteiger partial charge < -0.3 is 9.05 Å². The van der Waals surface area contributed by atoms with E-state index in [-0.39, 0.29) is 0 Å². The fraction of sp³-hybridized carbons (Fsp3) is 0.833. The van der Waals surface area contributed by atoms with Gasteiger partial charge in [-0.2, -0.15) is 0 Å². The van der Waals surface area contributed by atoms with Crippen LogP contribution in [0.3, 0.4) is 0 Å². The summed E-state index contributed by atoms with van der Waals surface area (Å²) in [5, 5.41) is 0.847. The lowest BCUT2D eigenvalue weighted by atomic mass is 10.1. The molecule has 0 rings (SSSR count). The Balaban J connectivity index is 5.14. The van der Waals surface area contributed by atoms with Crippen LogP contribution in [-0.4, -0.2) is 18.5 Å². The predicted molar refractivity (Wildman–Crippen MR) is 84.7 cm³/mol. The first-order valence-electron chi connectivity index (χ1n) is 6.38. The SMILES string of the molecule is CCCC/C(CCBr)=C(/Br)P(=O)(OCC)OCC. The van der Waals surface area contributed by atoms with Gasteiger partial charge in [-0.1, -0.05) is 29.3 Å². The van der Waals surface area contributed by atoms with E-state index >= 15 is 0 Å². The van der Waals surface area contributed by atoms with Gasteiger partial charge >= 0.3 is 7.60 Å². The highest BCUT2D eigenvalue weighted by Gasteiger charge is 2.30. The number of halogens is 2. The summed E-state index contributed by atoms with van der Waals surface area (Å²) in [4.78, 5) is 0. The Morgan fingerprint density at radius 2 is 1.67 bits per heavy atom. The summed E-state index contributed by atoms with van der Waals surface area (Å²) < 4.78 is 23.9. The zero-order chi connectivity index (χ0) is 14.0. The summed E-state index contributed by atoms with van der Waals surface area (Å²) >= 11 is 6.87. The van der Waals surface area contributed by atoms with E-state index in [0.717, 1.165) is 36.6 Å². The molecule has 0 bridgehead atoms. The fourth-order valence-electron chi connectivity index (χ4n) is 1.52. The highest BCUT2D eigenvalue weighted by molar-refractivity contribution is 9.13. The van der Waals surface area contributed by atoms with Gasteiger partial charge in [0.15, 0.2) is 0 Å². The van der Waals surface area contributed by atoms with Crippen LogP contribution in [0.4, 0.5) is 0 Å². The Morgan fingerprint density at radius 3 is 2.06 bits per heavy atom.